The Morgan fingerprint density at radius 3 is 2.52 bits per heavy atom. The highest BCUT2D eigenvalue weighted by atomic mass is 127. The molecule has 0 spiro atoms. The van der Waals surface area contributed by atoms with Gasteiger partial charge in [0.2, 0.25) is 0 Å². The number of rotatable bonds is 7. The number of nitrogens with two attached hydrogens (primary N) is 1. The van der Waals surface area contributed by atoms with Crippen molar-refractivity contribution in [3.8, 4) is 0 Å². The summed E-state index contributed by atoms with van der Waals surface area (Å²) in [6.45, 7) is 10.8. The number of hydrogen-bond donors (Lipinski definition) is 2. The van der Waals surface area contributed by atoms with Crippen LogP contribution in [0.5, 0.6) is 0 Å². The Labute approximate surface area is 169 Å². The number of nitrogens with zero attached hydrogens (tertiary/aromatic N) is 2. The van der Waals surface area contributed by atoms with E-state index in [4.69, 9.17) is 10.5 Å². The number of guanidine groups is 1. The number of hydrogen-bond acceptors (Lipinski definition) is 3. The summed E-state index contributed by atoms with van der Waals surface area (Å²) in [6.07, 6.45) is 2.84. The van der Waals surface area contributed by atoms with E-state index >= 15 is 0 Å². The molecule has 0 aromatic heterocycles. The fourth-order valence-corrected chi connectivity index (χ4v) is 3.14. The van der Waals surface area contributed by atoms with Gasteiger partial charge in [-0.05, 0) is 31.4 Å². The minimum atomic E-state index is 0. The molecule has 0 saturated carbocycles. The van der Waals surface area contributed by atoms with Gasteiger partial charge in [0, 0.05) is 26.2 Å². The van der Waals surface area contributed by atoms with Crippen molar-refractivity contribution >= 4 is 29.9 Å². The lowest BCUT2D eigenvalue weighted by molar-refractivity contribution is -0.0705. The van der Waals surface area contributed by atoms with Crippen LogP contribution in [-0.4, -0.2) is 42.7 Å². The summed E-state index contributed by atoms with van der Waals surface area (Å²) in [5.41, 5.74) is 8.51. The van der Waals surface area contributed by atoms with Gasteiger partial charge in [0.05, 0.1) is 18.8 Å². The molecule has 3 N–H and O–H groups in total. The summed E-state index contributed by atoms with van der Waals surface area (Å²) in [5, 5.41) is 3.17. The number of halogens is 1. The van der Waals surface area contributed by atoms with E-state index in [-0.39, 0.29) is 36.2 Å². The predicted octanol–water partition coefficient (Wildman–Crippen LogP) is 3.12. The fraction of sp³-hybridized carbons (Fsp3) is 0.632. The lowest BCUT2D eigenvalue weighted by Crippen LogP contribution is -2.44. The largest absolute Gasteiger partial charge is 0.373 e. The summed E-state index contributed by atoms with van der Waals surface area (Å²) in [4.78, 5) is 6.95. The van der Waals surface area contributed by atoms with Gasteiger partial charge in [-0.1, -0.05) is 37.6 Å². The third-order valence-electron chi connectivity index (χ3n) is 4.26. The molecule has 0 bridgehead atoms. The molecule has 1 aliphatic heterocycles. The van der Waals surface area contributed by atoms with E-state index in [1.165, 1.54) is 11.1 Å². The van der Waals surface area contributed by atoms with Crippen LogP contribution in [0.2, 0.25) is 0 Å². The van der Waals surface area contributed by atoms with Gasteiger partial charge in [-0.2, -0.15) is 0 Å². The van der Waals surface area contributed by atoms with Crippen molar-refractivity contribution in [2.75, 3.05) is 19.6 Å². The average molecular weight is 460 g/mol. The summed E-state index contributed by atoms with van der Waals surface area (Å²) in [5.74, 6) is 0.534. The van der Waals surface area contributed by atoms with Crippen LogP contribution in [0.15, 0.2) is 29.3 Å². The Morgan fingerprint density at radius 1 is 1.24 bits per heavy atom. The minimum Gasteiger partial charge on any atom is -0.373 e. The van der Waals surface area contributed by atoms with Crippen molar-refractivity contribution in [2.45, 2.75) is 58.9 Å². The van der Waals surface area contributed by atoms with E-state index in [0.29, 0.717) is 12.5 Å². The van der Waals surface area contributed by atoms with Gasteiger partial charge < -0.3 is 15.8 Å². The van der Waals surface area contributed by atoms with Crippen LogP contribution in [-0.2, 0) is 17.8 Å². The zero-order valence-electron chi connectivity index (χ0n) is 15.7. The van der Waals surface area contributed by atoms with Crippen molar-refractivity contribution < 1.29 is 4.74 Å². The third-order valence-corrected chi connectivity index (χ3v) is 4.26. The van der Waals surface area contributed by atoms with Gasteiger partial charge in [0.1, 0.15) is 0 Å². The Balaban J connectivity index is 0.00000312. The Morgan fingerprint density at radius 2 is 1.88 bits per heavy atom. The molecule has 2 atom stereocenters. The molecule has 1 aromatic rings. The molecule has 1 aliphatic rings. The van der Waals surface area contributed by atoms with Gasteiger partial charge in [-0.3, -0.25) is 4.90 Å². The Hall–Kier alpha value is -0.860. The van der Waals surface area contributed by atoms with Crippen LogP contribution in [0.3, 0.4) is 0 Å². The fourth-order valence-electron chi connectivity index (χ4n) is 3.14. The molecule has 142 valence electrons. The topological polar surface area (TPSA) is 62.9 Å². The van der Waals surface area contributed by atoms with Gasteiger partial charge in [-0.15, -0.1) is 24.0 Å². The van der Waals surface area contributed by atoms with Gasteiger partial charge in [-0.25, -0.2) is 4.99 Å². The van der Waals surface area contributed by atoms with Crippen LogP contribution in [0.1, 0.15) is 44.7 Å². The zero-order chi connectivity index (χ0) is 17.4. The second-order valence-electron chi connectivity index (χ2n) is 6.70. The molecule has 1 fully saturated rings. The average Bonchev–Trinajstić information content (AvgIpc) is 2.53. The second-order valence-corrected chi connectivity index (χ2v) is 6.70. The summed E-state index contributed by atoms with van der Waals surface area (Å²) >= 11 is 0. The summed E-state index contributed by atoms with van der Waals surface area (Å²) in [6, 6.07) is 8.50. The molecule has 2 unspecified atom stereocenters. The normalized spacial score (nSPS) is 21.6. The summed E-state index contributed by atoms with van der Waals surface area (Å²) < 4.78 is 5.82. The van der Waals surface area contributed by atoms with E-state index in [2.05, 4.69) is 60.2 Å². The molecule has 2 rings (SSSR count). The van der Waals surface area contributed by atoms with Gasteiger partial charge >= 0.3 is 0 Å². The monoisotopic (exact) mass is 460 g/mol. The molecule has 1 aromatic carbocycles. The zero-order valence-corrected chi connectivity index (χ0v) is 18.0. The molecule has 0 aliphatic carbocycles. The van der Waals surface area contributed by atoms with E-state index in [9.17, 15) is 0 Å². The first-order chi connectivity index (χ1) is 11.6. The maximum atomic E-state index is 5.94. The highest BCUT2D eigenvalue weighted by Gasteiger charge is 2.22. The van der Waals surface area contributed by atoms with Crippen LogP contribution < -0.4 is 11.1 Å². The molecule has 5 nitrogen and oxygen atoms in total. The summed E-state index contributed by atoms with van der Waals surface area (Å²) in [7, 11) is 0. The number of unbranched alkanes of at least 4 members (excludes halogenated alkanes) is 1. The molecule has 0 radical (unpaired) electrons. The van der Waals surface area contributed by atoms with E-state index in [1.54, 1.807) is 0 Å². The van der Waals surface area contributed by atoms with Crippen LogP contribution >= 0.6 is 24.0 Å². The van der Waals surface area contributed by atoms with Crippen LogP contribution in [0, 0.1) is 0 Å². The Kier molecular flexibility index (Phi) is 10.4. The lowest BCUT2D eigenvalue weighted by atomic mass is 10.1. The van der Waals surface area contributed by atoms with Gasteiger partial charge in [0.25, 0.3) is 0 Å². The van der Waals surface area contributed by atoms with Crippen molar-refractivity contribution in [3.63, 3.8) is 0 Å². The molecule has 0 amide bonds. The highest BCUT2D eigenvalue weighted by molar-refractivity contribution is 14.0. The first-order valence-corrected chi connectivity index (χ1v) is 9.06. The molecular weight excluding hydrogens is 427 g/mol. The number of benzene rings is 1. The quantitative estimate of drug-likeness (QED) is 0.284. The molecule has 1 heterocycles. The predicted molar refractivity (Wildman–Crippen MR) is 115 cm³/mol. The van der Waals surface area contributed by atoms with E-state index in [1.807, 2.05) is 0 Å². The second kappa shape index (κ2) is 11.7. The number of nitrogens with one attached hydrogen (secondary N) is 1. The third kappa shape index (κ3) is 7.92. The number of ether oxygens (including phenoxy) is 1. The maximum absolute atomic E-state index is 5.94. The van der Waals surface area contributed by atoms with Crippen LogP contribution in [0.4, 0.5) is 0 Å². The first-order valence-electron chi connectivity index (χ1n) is 9.06. The molecular formula is C19H33IN4O. The lowest BCUT2D eigenvalue weighted by Gasteiger charge is -2.35. The van der Waals surface area contributed by atoms with Crippen molar-refractivity contribution in [2.24, 2.45) is 10.7 Å². The molecule has 25 heavy (non-hydrogen) atoms. The maximum Gasteiger partial charge on any atom is 0.188 e. The smallest absolute Gasteiger partial charge is 0.188 e. The first kappa shape index (κ1) is 22.2. The van der Waals surface area contributed by atoms with E-state index < -0.39 is 0 Å². The van der Waals surface area contributed by atoms with Crippen molar-refractivity contribution in [1.82, 2.24) is 10.2 Å². The number of aliphatic imine (C=N–C) groups is 1. The van der Waals surface area contributed by atoms with Crippen molar-refractivity contribution in [3.05, 3.63) is 35.4 Å². The van der Waals surface area contributed by atoms with Gasteiger partial charge in [0.15, 0.2) is 5.96 Å². The Bertz CT molecular complexity index is 528. The molecule has 6 heteroatoms. The number of morpholine rings is 1. The standard InChI is InChI=1S/C19H32N4O.HI/c1-4-5-10-21-19(20)22-11-17-8-6-7-9-18(17)14-23-12-15(2)24-16(3)13-23;/h6-9,15-16H,4-5,10-14H2,1-3H3,(H3,20,21,22);1H. The molecule has 1 saturated heterocycles. The van der Waals surface area contributed by atoms with Crippen molar-refractivity contribution in [1.29, 1.82) is 0 Å². The van der Waals surface area contributed by atoms with Crippen LogP contribution in [0.25, 0.3) is 0 Å². The highest BCUT2D eigenvalue weighted by Crippen LogP contribution is 2.17. The van der Waals surface area contributed by atoms with E-state index in [0.717, 1.165) is 39.0 Å². The SMILES string of the molecule is CCCCNC(N)=NCc1ccccc1CN1CC(C)OC(C)C1.I. The minimum absolute atomic E-state index is 0.